The van der Waals surface area contributed by atoms with Gasteiger partial charge in [0.25, 0.3) is 0 Å². The third-order valence-electron chi connectivity index (χ3n) is 21.0. The molecule has 0 N–H and O–H groups in total. The molecule has 22 aromatic rings. The van der Waals surface area contributed by atoms with E-state index in [1.165, 1.54) is 11.1 Å². The minimum atomic E-state index is 0.620. The Kier molecular flexibility index (Phi) is 18.2. The van der Waals surface area contributed by atoms with Crippen molar-refractivity contribution in [3.05, 3.63) is 370 Å². The second-order valence-electron chi connectivity index (χ2n) is 28.4. The Morgan fingerprint density at radius 2 is 0.441 bits per heavy atom. The van der Waals surface area contributed by atoms with Crippen molar-refractivity contribution in [1.82, 2.24) is 75.7 Å². The number of fused-ring (bicyclic) bond motifs is 8. The molecule has 0 aliphatic heterocycles. The van der Waals surface area contributed by atoms with Crippen molar-refractivity contribution in [3.8, 4) is 158 Å². The predicted octanol–water partition coefficient (Wildman–Crippen LogP) is 24.7. The zero-order valence-electron chi connectivity index (χ0n) is 62.7. The number of para-hydroxylation sites is 3. The lowest BCUT2D eigenvalue weighted by Crippen LogP contribution is -2.00. The highest BCUT2D eigenvalue weighted by Gasteiger charge is 2.22. The van der Waals surface area contributed by atoms with Gasteiger partial charge < -0.3 is 0 Å². The monoisotopic (exact) mass is 1550 g/mol. The van der Waals surface area contributed by atoms with E-state index in [4.69, 9.17) is 44.9 Å². The molecule has 17 heteroatoms. The minimum absolute atomic E-state index is 0.620. The molecule has 8 heterocycles. The second-order valence-corrected chi connectivity index (χ2v) is 30.4. The number of hydrogen-bond acceptors (Lipinski definition) is 17. The molecule has 552 valence electrons. The van der Waals surface area contributed by atoms with Crippen LogP contribution in [0.1, 0.15) is 0 Å². The van der Waals surface area contributed by atoms with Crippen LogP contribution in [0.5, 0.6) is 0 Å². The first kappa shape index (κ1) is 70.2. The number of hydrogen-bond donors (Lipinski definition) is 0. The van der Waals surface area contributed by atoms with Gasteiger partial charge in [-0.15, -0.1) is 43.1 Å². The number of nitrogens with zero attached hydrogens (tertiary/aromatic N) is 15. The van der Waals surface area contributed by atoms with E-state index in [1.807, 2.05) is 115 Å². The van der Waals surface area contributed by atoms with Crippen LogP contribution in [0, 0.1) is 0 Å². The van der Waals surface area contributed by atoms with Crippen molar-refractivity contribution in [2.75, 3.05) is 0 Å². The molecule has 0 fully saturated rings. The van der Waals surface area contributed by atoms with E-state index in [1.54, 1.807) is 22.7 Å². The molecule has 0 atom stereocenters. The summed E-state index contributed by atoms with van der Waals surface area (Å²) in [5.74, 6) is 3.77. The van der Waals surface area contributed by atoms with Crippen LogP contribution in [0.25, 0.3) is 221 Å². The summed E-state index contributed by atoms with van der Waals surface area (Å²) in [5, 5.41) is 28.1. The average molecular weight is 1550 g/mol. The molecular weight excluding hydrogens is 1490 g/mol. The van der Waals surface area contributed by atoms with E-state index in [0.717, 1.165) is 174 Å². The van der Waals surface area contributed by atoms with E-state index in [-0.39, 0.29) is 0 Å². The third kappa shape index (κ3) is 13.9. The SMILES string of the molecule is c1ccc(-c2ccc(-c3nc(-c4ccccc4)nc(-c4ccc(-c5cccc(-c6ccc(-c7nnnc8c7sc7nc9ccccc9cc78)cc6)c5)cc4)n3)cc2)cc1.c1ccc(-c2ccc(-c3nc(-c4ccccc4)nc(-c4ccc(-c5cccc(-c6ccc(-c7nnnc8c7sc7nc9ccccc9nc78)cc6)c5)cc4)n3)cc2)cc1. The van der Waals surface area contributed by atoms with Gasteiger partial charge in [0, 0.05) is 55.3 Å². The van der Waals surface area contributed by atoms with Gasteiger partial charge in [-0.2, -0.15) is 0 Å². The molecule has 0 bridgehead atoms. The van der Waals surface area contributed by atoms with Crippen LogP contribution in [0.2, 0.25) is 0 Å². The molecule has 0 radical (unpaired) electrons. The summed E-state index contributed by atoms with van der Waals surface area (Å²) in [4.78, 5) is 46.1. The fraction of sp³-hybridized carbons (Fsp3) is 0. The fourth-order valence-corrected chi connectivity index (χ4v) is 17.1. The summed E-state index contributed by atoms with van der Waals surface area (Å²) in [6, 6.07) is 127. The normalized spacial score (nSPS) is 11.4. The smallest absolute Gasteiger partial charge is 0.164 e. The average Bonchev–Trinajstić information content (AvgIpc) is 1.60. The topological polar surface area (TPSA) is 193 Å². The second kappa shape index (κ2) is 30.7. The number of thiophene rings is 2. The Labute approximate surface area is 684 Å². The molecule has 0 aliphatic rings. The van der Waals surface area contributed by atoms with Crippen LogP contribution in [-0.4, -0.2) is 75.7 Å². The van der Waals surface area contributed by atoms with Crippen LogP contribution in [0.15, 0.2) is 370 Å². The van der Waals surface area contributed by atoms with Crippen molar-refractivity contribution in [2.24, 2.45) is 0 Å². The first-order valence-electron chi connectivity index (χ1n) is 38.5. The summed E-state index contributed by atoms with van der Waals surface area (Å²) in [6.07, 6.45) is 0. The lowest BCUT2D eigenvalue weighted by Gasteiger charge is -2.10. The minimum Gasteiger partial charge on any atom is -0.241 e. The van der Waals surface area contributed by atoms with Gasteiger partial charge in [0.05, 0.1) is 25.9 Å². The van der Waals surface area contributed by atoms with Crippen LogP contribution in [-0.2, 0) is 0 Å². The third-order valence-corrected chi connectivity index (χ3v) is 23.2. The fourth-order valence-electron chi connectivity index (χ4n) is 14.9. The summed E-state index contributed by atoms with van der Waals surface area (Å²) in [7, 11) is 0. The molecule has 0 amide bonds. The van der Waals surface area contributed by atoms with Gasteiger partial charge in [-0.1, -0.05) is 334 Å². The number of pyridine rings is 1. The van der Waals surface area contributed by atoms with E-state index >= 15 is 0 Å². The van der Waals surface area contributed by atoms with Crippen molar-refractivity contribution < 1.29 is 0 Å². The van der Waals surface area contributed by atoms with E-state index in [2.05, 4.69) is 286 Å². The maximum Gasteiger partial charge on any atom is 0.164 e. The first-order valence-corrected chi connectivity index (χ1v) is 40.1. The van der Waals surface area contributed by atoms with Gasteiger partial charge in [-0.05, 0) is 114 Å². The van der Waals surface area contributed by atoms with Gasteiger partial charge in [0.15, 0.2) is 34.9 Å². The predicted molar refractivity (Wildman–Crippen MR) is 477 cm³/mol. The van der Waals surface area contributed by atoms with E-state index < -0.39 is 0 Å². The Hall–Kier alpha value is -15.7. The molecule has 15 nitrogen and oxygen atoms in total. The highest BCUT2D eigenvalue weighted by Crippen LogP contribution is 2.42. The lowest BCUT2D eigenvalue weighted by atomic mass is 9.97. The zero-order chi connectivity index (χ0) is 78.2. The maximum absolute atomic E-state index is 4.99. The van der Waals surface area contributed by atoms with Gasteiger partial charge in [-0.3, -0.25) is 0 Å². The Morgan fingerprint density at radius 3 is 0.839 bits per heavy atom. The Morgan fingerprint density at radius 1 is 0.169 bits per heavy atom. The van der Waals surface area contributed by atoms with Crippen molar-refractivity contribution >= 4 is 85.6 Å². The standard InChI is InChI=1S/C51H31N7S.C50H30N8S/c1-3-10-32(11-4-1)33-20-26-38(27-21-33)49-53-48(37-12-5-2-6-13-37)54-50(55-49)39-28-22-35(23-29-39)41-16-9-15-40(30-41)34-18-24-36(25-19-34)45-47-46(57-58-56-45)43-31-42-14-7-8-17-44(42)52-51(43)59-47;1-3-10-31(11-4-1)32-20-26-37(27-21-32)48-53-47(36-12-5-2-6-13-36)54-49(55-48)38-28-22-34(23-29-38)40-15-9-14-39(30-40)33-18-24-35(25-19-33)43-46-44(57-58-56-43)45-50(59-46)52-42-17-8-7-16-41(42)51-45/h1-31H;1-30H. The maximum atomic E-state index is 4.99. The Bertz CT molecular complexity index is 7040. The molecule has 0 aliphatic carbocycles. The van der Waals surface area contributed by atoms with Gasteiger partial charge in [0.2, 0.25) is 0 Å². The molecule has 0 saturated carbocycles. The van der Waals surface area contributed by atoms with Gasteiger partial charge in [-0.25, -0.2) is 44.9 Å². The Balaban J connectivity index is 0.000000147. The molecule has 14 aromatic carbocycles. The van der Waals surface area contributed by atoms with E-state index in [0.29, 0.717) is 34.9 Å². The van der Waals surface area contributed by atoms with Gasteiger partial charge in [0.1, 0.15) is 37.6 Å². The van der Waals surface area contributed by atoms with E-state index in [9.17, 15) is 0 Å². The van der Waals surface area contributed by atoms with Crippen molar-refractivity contribution in [1.29, 1.82) is 0 Å². The highest BCUT2D eigenvalue weighted by molar-refractivity contribution is 7.26. The van der Waals surface area contributed by atoms with Gasteiger partial charge >= 0.3 is 0 Å². The van der Waals surface area contributed by atoms with Crippen LogP contribution >= 0.6 is 22.7 Å². The molecule has 0 spiro atoms. The number of benzene rings is 14. The molecule has 0 saturated heterocycles. The summed E-state index contributed by atoms with van der Waals surface area (Å²) >= 11 is 3.16. The van der Waals surface area contributed by atoms with Crippen LogP contribution < -0.4 is 0 Å². The lowest BCUT2D eigenvalue weighted by molar-refractivity contribution is 0.904. The van der Waals surface area contributed by atoms with Crippen LogP contribution in [0.4, 0.5) is 0 Å². The molecular formula is C101H61N15S2. The molecule has 22 rings (SSSR count). The number of rotatable bonds is 14. The summed E-state index contributed by atoms with van der Waals surface area (Å²) in [5.41, 5.74) is 27.5. The quantitative estimate of drug-likeness (QED) is 0.0997. The van der Waals surface area contributed by atoms with Crippen LogP contribution in [0.3, 0.4) is 0 Å². The summed E-state index contributed by atoms with van der Waals surface area (Å²) in [6.45, 7) is 0. The molecule has 0 unspecified atom stereocenters. The largest absolute Gasteiger partial charge is 0.241 e. The number of aromatic nitrogens is 15. The first-order chi connectivity index (χ1) is 58.4. The highest BCUT2D eigenvalue weighted by atomic mass is 32.1. The summed E-state index contributed by atoms with van der Waals surface area (Å²) < 4.78 is 1.91. The molecule has 118 heavy (non-hydrogen) atoms. The zero-order valence-corrected chi connectivity index (χ0v) is 64.4. The molecule has 8 aromatic heterocycles. The van der Waals surface area contributed by atoms with Crippen molar-refractivity contribution in [2.45, 2.75) is 0 Å². The van der Waals surface area contributed by atoms with Crippen molar-refractivity contribution in [3.63, 3.8) is 0 Å².